The van der Waals surface area contributed by atoms with Gasteiger partial charge in [0, 0.05) is 5.57 Å². The third-order valence-electron chi connectivity index (χ3n) is 4.98. The fourth-order valence-electron chi connectivity index (χ4n) is 3.64. The molecule has 2 bridgehead atoms. The van der Waals surface area contributed by atoms with Crippen molar-refractivity contribution in [2.75, 3.05) is 14.2 Å². The second-order valence-electron chi connectivity index (χ2n) is 6.23. The third kappa shape index (κ3) is 2.58. The molecule has 0 saturated carbocycles. The molecule has 0 saturated heterocycles. The van der Waals surface area contributed by atoms with Crippen LogP contribution >= 0.6 is 116 Å². The number of rotatable bonds is 3. The summed E-state index contributed by atoms with van der Waals surface area (Å²) in [6.07, 6.45) is 0. The van der Waals surface area contributed by atoms with Gasteiger partial charge in [-0.05, 0) is 0 Å². The predicted molar refractivity (Wildman–Crippen MR) is 122 cm³/mol. The van der Waals surface area contributed by atoms with Gasteiger partial charge in [-0.25, -0.2) is 9.59 Å². The lowest BCUT2D eigenvalue weighted by atomic mass is 9.82. The number of methoxy groups -OCH3 is 2. The minimum absolute atomic E-state index is 0.200. The van der Waals surface area contributed by atoms with Gasteiger partial charge in [-0.15, -0.1) is 34.8 Å². The van der Waals surface area contributed by atoms with E-state index in [2.05, 4.69) is 0 Å². The summed E-state index contributed by atoms with van der Waals surface area (Å²) in [7, 11) is 2.07. The molecule has 0 unspecified atom stereocenters. The Balaban J connectivity index is 2.49. The summed E-state index contributed by atoms with van der Waals surface area (Å²) < 4.78 is 7.15. The van der Waals surface area contributed by atoms with Gasteiger partial charge in [0.1, 0.15) is 14.6 Å². The second kappa shape index (κ2) is 7.66. The molecule has 164 valence electrons. The molecule has 0 aromatic heterocycles. The van der Waals surface area contributed by atoms with Crippen molar-refractivity contribution in [2.24, 2.45) is 0 Å². The third-order valence-corrected chi connectivity index (χ3v) is 11.1. The first-order valence-corrected chi connectivity index (χ1v) is 11.3. The van der Waals surface area contributed by atoms with E-state index in [0.29, 0.717) is 0 Å². The molecule has 0 amide bonds. The maximum absolute atomic E-state index is 12.7. The molecule has 2 atom stereocenters. The van der Waals surface area contributed by atoms with E-state index in [4.69, 9.17) is 125 Å². The summed E-state index contributed by atoms with van der Waals surface area (Å²) in [6.45, 7) is 0. The van der Waals surface area contributed by atoms with E-state index in [1.807, 2.05) is 0 Å². The van der Waals surface area contributed by atoms with Gasteiger partial charge in [0.05, 0.1) is 50.5 Å². The number of alkyl halides is 5. The number of hydrogen-bond acceptors (Lipinski definition) is 4. The zero-order chi connectivity index (χ0) is 23.2. The summed E-state index contributed by atoms with van der Waals surface area (Å²) >= 11 is 65.0. The van der Waals surface area contributed by atoms with Crippen molar-refractivity contribution in [3.05, 3.63) is 41.9 Å². The van der Waals surface area contributed by atoms with Gasteiger partial charge < -0.3 is 9.47 Å². The summed E-state index contributed by atoms with van der Waals surface area (Å²) in [5.41, 5.74) is -1.38. The minimum atomic E-state index is -2.36. The zero-order valence-electron chi connectivity index (χ0n) is 14.4. The SMILES string of the molecule is COC(=O)C1=C(C(=O)OC)[C@@]2(Cl)C(C3(Cl)C(Cl)=C(Cl)C(Cl)=C3Cl)=C(Cl)[C@]1(Cl)C2(Cl)Cl. The Morgan fingerprint density at radius 3 is 1.40 bits per heavy atom. The highest BCUT2D eigenvalue weighted by atomic mass is 35.5. The largest absolute Gasteiger partial charge is 0.466 e. The van der Waals surface area contributed by atoms with Crippen LogP contribution in [0.2, 0.25) is 0 Å². The molecule has 4 nitrogen and oxygen atoms in total. The highest BCUT2D eigenvalue weighted by Crippen LogP contribution is 2.77. The molecule has 0 aromatic carbocycles. The number of esters is 2. The van der Waals surface area contributed by atoms with Crippen molar-refractivity contribution >= 4 is 128 Å². The van der Waals surface area contributed by atoms with Crippen molar-refractivity contribution in [2.45, 2.75) is 19.0 Å². The first-order chi connectivity index (χ1) is 13.6. The topological polar surface area (TPSA) is 52.6 Å². The molecule has 0 aromatic rings. The minimum Gasteiger partial charge on any atom is -0.466 e. The van der Waals surface area contributed by atoms with E-state index in [9.17, 15) is 9.59 Å². The molecular weight excluding hydrogens is 611 g/mol. The monoisotopic (exact) mass is 612 g/mol. The summed E-state index contributed by atoms with van der Waals surface area (Å²) in [5.74, 6) is -2.18. The highest BCUT2D eigenvalue weighted by molar-refractivity contribution is 6.68. The number of carbonyl (C=O) groups is 2. The number of halogens is 10. The number of carbonyl (C=O) groups excluding carboxylic acids is 2. The van der Waals surface area contributed by atoms with Gasteiger partial charge in [0.2, 0.25) is 0 Å². The molecule has 0 spiro atoms. The van der Waals surface area contributed by atoms with Crippen LogP contribution in [-0.4, -0.2) is 45.1 Å². The number of ether oxygens (including phenoxy) is 2. The average molecular weight is 617 g/mol. The van der Waals surface area contributed by atoms with Gasteiger partial charge in [0.25, 0.3) is 0 Å². The predicted octanol–water partition coefficient (Wildman–Crippen LogP) is 6.65. The summed E-state index contributed by atoms with van der Waals surface area (Å²) in [5, 5.41) is -1.41. The molecule has 0 fully saturated rings. The van der Waals surface area contributed by atoms with E-state index < -0.39 is 47.1 Å². The van der Waals surface area contributed by atoms with E-state index in [1.165, 1.54) is 0 Å². The molecule has 0 heterocycles. The van der Waals surface area contributed by atoms with E-state index in [-0.39, 0.29) is 25.7 Å². The van der Waals surface area contributed by atoms with Crippen molar-refractivity contribution in [1.82, 2.24) is 0 Å². The van der Waals surface area contributed by atoms with Crippen molar-refractivity contribution < 1.29 is 19.1 Å². The Labute approximate surface area is 220 Å². The van der Waals surface area contributed by atoms with E-state index in [0.717, 1.165) is 14.2 Å². The lowest BCUT2D eigenvalue weighted by Gasteiger charge is -2.38. The Kier molecular flexibility index (Phi) is 6.49. The Bertz CT molecular complexity index is 1010. The standard InChI is InChI=1S/C16H6Cl10O4/c1-29-11(27)3-4(12(28)30-2)15(24)10(21)7(14(3,23)16(15,25)26)13(22)8(19)5(17)6(18)9(13)20/h1-2H3/t14-,15+/m1/s1. The van der Waals surface area contributed by atoms with Gasteiger partial charge in [-0.2, -0.15) is 0 Å². The smallest absolute Gasteiger partial charge is 0.336 e. The van der Waals surface area contributed by atoms with Gasteiger partial charge >= 0.3 is 11.9 Å². The molecule has 3 aliphatic carbocycles. The lowest BCUT2D eigenvalue weighted by Crippen LogP contribution is -2.49. The van der Waals surface area contributed by atoms with Crippen LogP contribution in [0.25, 0.3) is 0 Å². The van der Waals surface area contributed by atoms with Gasteiger partial charge in [0.15, 0.2) is 4.33 Å². The number of hydrogen-bond donors (Lipinski definition) is 0. The zero-order valence-corrected chi connectivity index (χ0v) is 22.0. The first-order valence-electron chi connectivity index (χ1n) is 7.52. The van der Waals surface area contributed by atoms with Crippen LogP contribution in [0.1, 0.15) is 0 Å². The van der Waals surface area contributed by atoms with Crippen molar-refractivity contribution in [3.63, 3.8) is 0 Å². The molecule has 0 radical (unpaired) electrons. The van der Waals surface area contributed by atoms with Crippen LogP contribution in [0.15, 0.2) is 41.9 Å². The molecule has 0 aliphatic heterocycles. The van der Waals surface area contributed by atoms with Crippen LogP contribution < -0.4 is 0 Å². The molecule has 0 N–H and O–H groups in total. The molecule has 3 aliphatic rings. The van der Waals surface area contributed by atoms with Crippen LogP contribution in [0.3, 0.4) is 0 Å². The molecule has 3 rings (SSSR count). The molecule has 30 heavy (non-hydrogen) atoms. The summed E-state index contributed by atoms with van der Waals surface area (Å²) in [6, 6.07) is 0. The van der Waals surface area contributed by atoms with Crippen molar-refractivity contribution in [1.29, 1.82) is 0 Å². The second-order valence-corrected chi connectivity index (χ2v) is 11.1. The fraction of sp³-hybridized carbons (Fsp3) is 0.375. The fourth-order valence-corrected chi connectivity index (χ4v) is 7.87. The number of allylic oxidation sites excluding steroid dienone is 6. The van der Waals surface area contributed by atoms with Gasteiger partial charge in [-0.3, -0.25) is 0 Å². The maximum Gasteiger partial charge on any atom is 0.336 e. The number of fused-ring (bicyclic) bond motifs is 2. The Hall–Kier alpha value is 0.800. The molecular formula is C16H6Cl10O4. The van der Waals surface area contributed by atoms with Gasteiger partial charge in [-0.1, -0.05) is 81.2 Å². The van der Waals surface area contributed by atoms with E-state index in [1.54, 1.807) is 0 Å². The average Bonchev–Trinajstić information content (AvgIpc) is 3.00. The van der Waals surface area contributed by atoms with Crippen LogP contribution in [0.5, 0.6) is 0 Å². The molecule has 14 heteroatoms. The van der Waals surface area contributed by atoms with E-state index >= 15 is 0 Å². The Morgan fingerprint density at radius 2 is 1.03 bits per heavy atom. The van der Waals surface area contributed by atoms with Crippen LogP contribution in [0, 0.1) is 0 Å². The quantitative estimate of drug-likeness (QED) is 0.263. The summed E-state index contributed by atoms with van der Waals surface area (Å²) in [4.78, 5) is 18.6. The first kappa shape index (κ1) is 25.4. The van der Waals surface area contributed by atoms with Crippen LogP contribution in [-0.2, 0) is 19.1 Å². The van der Waals surface area contributed by atoms with Crippen molar-refractivity contribution in [3.8, 4) is 0 Å². The van der Waals surface area contributed by atoms with Crippen LogP contribution in [0.4, 0.5) is 0 Å². The maximum atomic E-state index is 12.7. The normalized spacial score (nSPS) is 31.9. The Morgan fingerprint density at radius 1 is 0.667 bits per heavy atom. The lowest BCUT2D eigenvalue weighted by molar-refractivity contribution is -0.139. The highest BCUT2D eigenvalue weighted by Gasteiger charge is 2.83.